The third-order valence-corrected chi connectivity index (χ3v) is 8.77. The van der Waals surface area contributed by atoms with Crippen molar-refractivity contribution in [1.29, 1.82) is 0 Å². The number of aliphatic hydroxyl groups excluding tert-OH is 1. The maximum Gasteiger partial charge on any atom is 2.00 e. The van der Waals surface area contributed by atoms with E-state index < -0.39 is 5.97 Å². The number of hydrogen-bond acceptors (Lipinski definition) is 7. The minimum Gasteiger partial charge on any atom is -1.00 e. The first-order chi connectivity index (χ1) is 21.8. The third-order valence-electron chi connectivity index (χ3n) is 8.77. The normalized spacial score (nSPS) is 21.8. The van der Waals surface area contributed by atoms with Gasteiger partial charge < -0.3 is 48.8 Å². The summed E-state index contributed by atoms with van der Waals surface area (Å²) in [7, 11) is 0. The van der Waals surface area contributed by atoms with Gasteiger partial charge in [0.1, 0.15) is 13.2 Å². The molecule has 1 saturated heterocycles. The number of aliphatic hydroxyl groups is 1. The molecule has 0 spiro atoms. The molecule has 0 amide bonds. The van der Waals surface area contributed by atoms with Gasteiger partial charge in [0.05, 0.1) is 17.9 Å². The second-order valence-electron chi connectivity index (χ2n) is 12.6. The van der Waals surface area contributed by atoms with Crippen molar-refractivity contribution in [2.45, 2.75) is 103 Å². The quantitative estimate of drug-likeness (QED) is 0.212. The minimum atomic E-state index is -0.750. The Labute approximate surface area is 314 Å². The third kappa shape index (κ3) is 19.3. The minimum absolute atomic E-state index is 0. The number of carboxylic acids is 1. The fourth-order valence-electron chi connectivity index (χ4n) is 6.17. The molecule has 0 radical (unpaired) electrons. The Balaban J connectivity index is 0.000000760. The predicted octanol–water partition coefficient (Wildman–Crippen LogP) is 4.19. The van der Waals surface area contributed by atoms with Crippen molar-refractivity contribution in [2.75, 3.05) is 13.2 Å². The molecule has 8 nitrogen and oxygen atoms in total. The number of rotatable bonds is 10. The fourth-order valence-corrected chi connectivity index (χ4v) is 6.17. The number of carbonyl (C=O) groups is 3. The van der Waals surface area contributed by atoms with Crippen LogP contribution in [-0.2, 0) is 41.8 Å². The first-order valence-electron chi connectivity index (χ1n) is 16.7. The zero-order chi connectivity index (χ0) is 32.3. The largest absolute Gasteiger partial charge is 2.00 e. The van der Waals surface area contributed by atoms with Gasteiger partial charge in [-0.05, 0) is 101 Å². The number of aliphatic carboxylic acids is 1. The number of benzene rings is 2. The Morgan fingerprint density at radius 3 is 1.46 bits per heavy atom. The zero-order valence-electron chi connectivity index (χ0n) is 28.9. The van der Waals surface area contributed by atoms with Crippen LogP contribution in [0.3, 0.4) is 0 Å². The van der Waals surface area contributed by atoms with Crippen LogP contribution in [0.1, 0.15) is 95.1 Å². The summed E-state index contributed by atoms with van der Waals surface area (Å²) in [6.07, 6.45) is 10.3. The molecule has 5 rings (SSSR count). The van der Waals surface area contributed by atoms with E-state index in [1.54, 1.807) is 0 Å². The summed E-state index contributed by atoms with van der Waals surface area (Å²) >= 11 is 0. The van der Waals surface area contributed by atoms with Gasteiger partial charge in [0, 0.05) is 19.6 Å². The summed E-state index contributed by atoms with van der Waals surface area (Å²) in [6, 6.07) is 19.4. The zero-order valence-corrected chi connectivity index (χ0v) is 31.9. The van der Waals surface area contributed by atoms with Crippen molar-refractivity contribution in [3.8, 4) is 0 Å². The van der Waals surface area contributed by atoms with E-state index >= 15 is 0 Å². The summed E-state index contributed by atoms with van der Waals surface area (Å²) in [5.74, 6) is -0.210. The SMILES string of the molecule is C1CCOC1.CC(O)CC1CCC(C(=O)OCc2ccccc2)CC1.O=C(O)CC1CCC(C(=O)OCc2ccccc2)CC1.[Br-].[CH3-].[Mg+2]. The monoisotopic (exact) mass is 742 g/mol. The summed E-state index contributed by atoms with van der Waals surface area (Å²) in [4.78, 5) is 34.6. The molecular weight excluding hydrogens is 689 g/mol. The maximum atomic E-state index is 12.0. The number of halogens is 1. The molecule has 2 N–H and O–H groups in total. The van der Waals surface area contributed by atoms with Gasteiger partial charge in [-0.15, -0.1) is 0 Å². The van der Waals surface area contributed by atoms with E-state index in [2.05, 4.69) is 0 Å². The molecule has 10 heteroatoms. The van der Waals surface area contributed by atoms with E-state index in [9.17, 15) is 19.5 Å². The molecule has 1 atom stereocenters. The van der Waals surface area contributed by atoms with Gasteiger partial charge in [-0.2, -0.15) is 0 Å². The van der Waals surface area contributed by atoms with Gasteiger partial charge >= 0.3 is 41.0 Å². The van der Waals surface area contributed by atoms with Crippen LogP contribution in [0.5, 0.6) is 0 Å². The second kappa shape index (κ2) is 26.8. The van der Waals surface area contributed by atoms with Crippen LogP contribution >= 0.6 is 0 Å². The smallest absolute Gasteiger partial charge is 1.00 e. The predicted molar refractivity (Wildman–Crippen MR) is 184 cm³/mol. The molecule has 3 aliphatic rings. The van der Waals surface area contributed by atoms with Gasteiger partial charge in [0.25, 0.3) is 0 Å². The number of hydrogen-bond donors (Lipinski definition) is 2. The first-order valence-corrected chi connectivity index (χ1v) is 16.7. The number of carboxylic acid groups (broad SMARTS) is 1. The van der Waals surface area contributed by atoms with E-state index in [-0.39, 0.29) is 89.7 Å². The molecule has 3 fully saturated rings. The van der Waals surface area contributed by atoms with E-state index in [1.165, 1.54) is 12.8 Å². The van der Waals surface area contributed by atoms with E-state index in [0.29, 0.717) is 19.1 Å². The molecule has 48 heavy (non-hydrogen) atoms. The van der Waals surface area contributed by atoms with Gasteiger partial charge in [-0.3, -0.25) is 14.4 Å². The molecule has 2 aliphatic carbocycles. The topological polar surface area (TPSA) is 119 Å². The van der Waals surface area contributed by atoms with Crippen molar-refractivity contribution >= 4 is 41.0 Å². The molecule has 2 aromatic rings. The van der Waals surface area contributed by atoms with Gasteiger partial charge in [0.15, 0.2) is 0 Å². The van der Waals surface area contributed by atoms with Crippen LogP contribution in [0.2, 0.25) is 0 Å². The van der Waals surface area contributed by atoms with Crippen LogP contribution in [-0.4, -0.2) is 70.5 Å². The van der Waals surface area contributed by atoms with E-state index in [4.69, 9.17) is 19.3 Å². The summed E-state index contributed by atoms with van der Waals surface area (Å²) < 4.78 is 15.7. The Morgan fingerprint density at radius 2 is 1.12 bits per heavy atom. The molecular formula is C38H55BrMgO8. The Hall–Kier alpha value is -1.98. The van der Waals surface area contributed by atoms with Crippen molar-refractivity contribution in [2.24, 2.45) is 23.7 Å². The number of esters is 2. The Bertz CT molecular complexity index is 1110. The molecule has 1 unspecified atom stereocenters. The van der Waals surface area contributed by atoms with Crippen LogP contribution in [0, 0.1) is 31.1 Å². The molecule has 0 aromatic heterocycles. The van der Waals surface area contributed by atoms with Gasteiger partial charge in [0.2, 0.25) is 0 Å². The van der Waals surface area contributed by atoms with Crippen LogP contribution in [0.4, 0.5) is 0 Å². The average Bonchev–Trinajstić information content (AvgIpc) is 3.65. The average molecular weight is 744 g/mol. The second-order valence-corrected chi connectivity index (χ2v) is 12.6. The van der Waals surface area contributed by atoms with Crippen LogP contribution < -0.4 is 17.0 Å². The Kier molecular flexibility index (Phi) is 25.7. The summed E-state index contributed by atoms with van der Waals surface area (Å²) in [6.45, 7) is 4.52. The molecule has 1 heterocycles. The van der Waals surface area contributed by atoms with E-state index in [0.717, 1.165) is 82.1 Å². The first kappa shape index (κ1) is 46.0. The van der Waals surface area contributed by atoms with Crippen molar-refractivity contribution in [3.05, 3.63) is 79.2 Å². The van der Waals surface area contributed by atoms with Crippen molar-refractivity contribution in [3.63, 3.8) is 0 Å². The molecule has 2 aromatic carbocycles. The van der Waals surface area contributed by atoms with Crippen LogP contribution in [0.15, 0.2) is 60.7 Å². The van der Waals surface area contributed by atoms with Crippen molar-refractivity contribution in [1.82, 2.24) is 0 Å². The van der Waals surface area contributed by atoms with Crippen LogP contribution in [0.25, 0.3) is 0 Å². The number of carbonyl (C=O) groups excluding carboxylic acids is 2. The fraction of sp³-hybridized carbons (Fsp3) is 0.579. The molecule has 0 bridgehead atoms. The van der Waals surface area contributed by atoms with Gasteiger partial charge in [-0.25, -0.2) is 0 Å². The number of ether oxygens (including phenoxy) is 3. The maximum absolute atomic E-state index is 12.0. The van der Waals surface area contributed by atoms with E-state index in [1.807, 2.05) is 67.6 Å². The standard InChI is InChI=1S/C17H24O3.C16H20O4.C4H8O.CH3.BrH.Mg/c1-13(18)11-14-7-9-16(10-8-14)17(19)20-12-15-5-3-2-4-6-15;17-15(18)10-12-6-8-14(9-7-12)16(19)20-11-13-4-2-1-3-5-13;1-2-4-5-3-1;;;/h2-6,13-14,16,18H,7-12H2,1H3;1-5,12,14H,6-11H2,(H,17,18);1-4H2;1H3;1H;/q;;;-1;;+2/p-1. The summed E-state index contributed by atoms with van der Waals surface area (Å²) in [5.41, 5.74) is 2.02. The molecule has 2 saturated carbocycles. The van der Waals surface area contributed by atoms with Gasteiger partial charge in [-0.1, -0.05) is 60.7 Å². The molecule has 264 valence electrons. The van der Waals surface area contributed by atoms with Crippen molar-refractivity contribution < 1.29 is 55.8 Å². The Morgan fingerprint density at radius 1 is 0.729 bits per heavy atom. The molecule has 1 aliphatic heterocycles. The summed E-state index contributed by atoms with van der Waals surface area (Å²) in [5, 5.41) is 18.2.